The van der Waals surface area contributed by atoms with Crippen molar-refractivity contribution in [1.82, 2.24) is 0 Å². The van der Waals surface area contributed by atoms with Gasteiger partial charge in [0.25, 0.3) is 0 Å². The zero-order valence-electron chi connectivity index (χ0n) is 10.3. The average Bonchev–Trinajstić information content (AvgIpc) is 1.94. The molecule has 0 aromatic heterocycles. The van der Waals surface area contributed by atoms with Crippen LogP contribution in [0.25, 0.3) is 0 Å². The quantitative estimate of drug-likeness (QED) is 0.698. The summed E-state index contributed by atoms with van der Waals surface area (Å²) < 4.78 is 28.7. The molecule has 0 aromatic rings. The van der Waals surface area contributed by atoms with Crippen LogP contribution in [0.4, 0.5) is 0 Å². The molecule has 1 fully saturated rings. The van der Waals surface area contributed by atoms with Crippen LogP contribution in [0.2, 0.25) is 0 Å². The fraction of sp³-hybridized carbons (Fsp3) is 1.00. The Morgan fingerprint density at radius 3 is 2.20 bits per heavy atom. The summed E-state index contributed by atoms with van der Waals surface area (Å²) in [4.78, 5) is 0. The highest BCUT2D eigenvalue weighted by Gasteiger charge is 2.42. The van der Waals surface area contributed by atoms with Gasteiger partial charge in [-0.3, -0.25) is 0 Å². The van der Waals surface area contributed by atoms with Gasteiger partial charge in [0.15, 0.2) is 9.84 Å². The van der Waals surface area contributed by atoms with Gasteiger partial charge in [-0.2, -0.15) is 0 Å². The lowest BCUT2D eigenvalue weighted by atomic mass is 10.0. The second kappa shape index (κ2) is 3.74. The molecule has 0 radical (unpaired) electrons. The maximum Gasteiger partial charge on any atom is 0.155 e. The van der Waals surface area contributed by atoms with Crippen LogP contribution >= 0.6 is 0 Å². The summed E-state index contributed by atoms with van der Waals surface area (Å²) in [7, 11) is -2.93. The summed E-state index contributed by atoms with van der Waals surface area (Å²) in [5, 5.41) is 0. The molecule has 1 unspecified atom stereocenters. The van der Waals surface area contributed by atoms with Gasteiger partial charge in [0, 0.05) is 0 Å². The Morgan fingerprint density at radius 1 is 1.27 bits per heavy atom. The molecule has 1 aliphatic rings. The molecule has 0 bridgehead atoms. The van der Waals surface area contributed by atoms with Crippen LogP contribution in [0.3, 0.4) is 0 Å². The minimum absolute atomic E-state index is 0.0727. The molecule has 0 aromatic carbocycles. The normalized spacial score (nSPS) is 30.1. The largest absolute Gasteiger partial charge is 0.373 e. The van der Waals surface area contributed by atoms with Gasteiger partial charge in [-0.25, -0.2) is 8.42 Å². The van der Waals surface area contributed by atoms with Crippen molar-refractivity contribution in [3.8, 4) is 0 Å². The molecule has 0 N–H and O–H groups in total. The molecule has 3 nitrogen and oxygen atoms in total. The molecule has 15 heavy (non-hydrogen) atoms. The fourth-order valence-electron chi connectivity index (χ4n) is 1.94. The molecular formula is C11H22O3S. The van der Waals surface area contributed by atoms with E-state index in [1.54, 1.807) is 13.8 Å². The standard InChI is InChI=1S/C11H22O3S/c1-10(2,3)14-9-6-7-15(12,13)11(4,5)8-9/h9H,6-8H2,1-5H3. The highest BCUT2D eigenvalue weighted by molar-refractivity contribution is 7.92. The lowest BCUT2D eigenvalue weighted by Crippen LogP contribution is -2.45. The van der Waals surface area contributed by atoms with Crippen molar-refractivity contribution < 1.29 is 13.2 Å². The first-order valence-corrected chi connectivity index (χ1v) is 7.09. The van der Waals surface area contributed by atoms with Crippen molar-refractivity contribution >= 4 is 9.84 Å². The van der Waals surface area contributed by atoms with Crippen molar-refractivity contribution in [3.05, 3.63) is 0 Å². The van der Waals surface area contributed by atoms with E-state index in [1.807, 2.05) is 20.8 Å². The third kappa shape index (κ3) is 3.18. The molecule has 0 amide bonds. The second-order valence-corrected chi connectivity index (χ2v) is 8.67. The van der Waals surface area contributed by atoms with E-state index in [2.05, 4.69) is 0 Å². The van der Waals surface area contributed by atoms with E-state index >= 15 is 0 Å². The first-order valence-electron chi connectivity index (χ1n) is 5.44. The Kier molecular flexibility index (Phi) is 3.23. The van der Waals surface area contributed by atoms with Gasteiger partial charge in [-0.15, -0.1) is 0 Å². The van der Waals surface area contributed by atoms with E-state index in [-0.39, 0.29) is 17.5 Å². The van der Waals surface area contributed by atoms with Crippen LogP contribution in [0.15, 0.2) is 0 Å². The summed E-state index contributed by atoms with van der Waals surface area (Å²) in [6, 6.07) is 0. The van der Waals surface area contributed by atoms with Crippen LogP contribution in [-0.2, 0) is 14.6 Å². The lowest BCUT2D eigenvalue weighted by molar-refractivity contribution is -0.0688. The second-order valence-electron chi connectivity index (χ2n) is 5.92. The van der Waals surface area contributed by atoms with Crippen molar-refractivity contribution in [2.45, 2.75) is 63.9 Å². The predicted octanol–water partition coefficient (Wildman–Crippen LogP) is 2.16. The van der Waals surface area contributed by atoms with Crippen LogP contribution in [0.1, 0.15) is 47.5 Å². The summed E-state index contributed by atoms with van der Waals surface area (Å²) >= 11 is 0. The Hall–Kier alpha value is -0.0900. The van der Waals surface area contributed by atoms with E-state index in [1.165, 1.54) is 0 Å². The highest BCUT2D eigenvalue weighted by Crippen LogP contribution is 2.33. The number of ether oxygens (including phenoxy) is 1. The maximum absolute atomic E-state index is 11.8. The van der Waals surface area contributed by atoms with Crippen LogP contribution in [0.5, 0.6) is 0 Å². The molecule has 0 saturated carbocycles. The number of hydrogen-bond acceptors (Lipinski definition) is 3. The summed E-state index contributed by atoms with van der Waals surface area (Å²) in [6.45, 7) is 9.59. The van der Waals surface area contributed by atoms with Gasteiger partial charge in [0.1, 0.15) is 0 Å². The van der Waals surface area contributed by atoms with E-state index in [4.69, 9.17) is 4.74 Å². The minimum Gasteiger partial charge on any atom is -0.373 e. The molecular weight excluding hydrogens is 212 g/mol. The summed E-state index contributed by atoms with van der Waals surface area (Å²) in [6.07, 6.45) is 1.30. The molecule has 0 aliphatic carbocycles. The van der Waals surface area contributed by atoms with Gasteiger partial charge < -0.3 is 4.74 Å². The van der Waals surface area contributed by atoms with Gasteiger partial charge in [0.2, 0.25) is 0 Å². The number of rotatable bonds is 1. The molecule has 1 aliphatic heterocycles. The monoisotopic (exact) mass is 234 g/mol. The SMILES string of the molecule is CC(C)(C)OC1CCS(=O)(=O)C(C)(C)C1. The number of sulfone groups is 1. The third-order valence-corrected chi connectivity index (χ3v) is 5.41. The molecule has 0 spiro atoms. The van der Waals surface area contributed by atoms with E-state index in [0.717, 1.165) is 0 Å². The molecule has 1 atom stereocenters. The van der Waals surface area contributed by atoms with Crippen LogP contribution < -0.4 is 0 Å². The van der Waals surface area contributed by atoms with Crippen molar-refractivity contribution in [2.75, 3.05) is 5.75 Å². The first kappa shape index (κ1) is 13.0. The Labute approximate surface area is 93.1 Å². The van der Waals surface area contributed by atoms with Crippen LogP contribution in [-0.4, -0.2) is 30.6 Å². The third-order valence-electron chi connectivity index (χ3n) is 2.79. The zero-order valence-corrected chi connectivity index (χ0v) is 11.1. The van der Waals surface area contributed by atoms with Crippen molar-refractivity contribution in [2.24, 2.45) is 0 Å². The van der Waals surface area contributed by atoms with Gasteiger partial charge in [-0.1, -0.05) is 0 Å². The smallest absolute Gasteiger partial charge is 0.155 e. The van der Waals surface area contributed by atoms with Gasteiger partial charge >= 0.3 is 0 Å². The Bertz CT molecular complexity index is 322. The fourth-order valence-corrected chi connectivity index (χ4v) is 3.51. The molecule has 4 heteroatoms. The lowest BCUT2D eigenvalue weighted by Gasteiger charge is -2.37. The van der Waals surface area contributed by atoms with E-state index in [0.29, 0.717) is 12.8 Å². The van der Waals surface area contributed by atoms with Gasteiger partial charge in [-0.05, 0) is 47.5 Å². The van der Waals surface area contributed by atoms with Crippen LogP contribution in [0, 0.1) is 0 Å². The van der Waals surface area contributed by atoms with Gasteiger partial charge in [0.05, 0.1) is 22.2 Å². The predicted molar refractivity (Wildman–Crippen MR) is 61.7 cm³/mol. The first-order chi connectivity index (χ1) is 6.54. The minimum atomic E-state index is -2.93. The Balaban J connectivity index is 2.72. The molecule has 1 rings (SSSR count). The topological polar surface area (TPSA) is 43.4 Å². The van der Waals surface area contributed by atoms with Crippen molar-refractivity contribution in [1.29, 1.82) is 0 Å². The summed E-state index contributed by atoms with van der Waals surface area (Å²) in [5.74, 6) is 0.251. The van der Waals surface area contributed by atoms with E-state index < -0.39 is 14.6 Å². The summed E-state index contributed by atoms with van der Waals surface area (Å²) in [5.41, 5.74) is -0.193. The highest BCUT2D eigenvalue weighted by atomic mass is 32.2. The average molecular weight is 234 g/mol. The Morgan fingerprint density at radius 2 is 1.80 bits per heavy atom. The molecule has 1 heterocycles. The molecule has 1 saturated heterocycles. The maximum atomic E-state index is 11.8. The van der Waals surface area contributed by atoms with Crippen molar-refractivity contribution in [3.63, 3.8) is 0 Å². The zero-order chi connectivity index (χ0) is 11.9. The van der Waals surface area contributed by atoms with E-state index in [9.17, 15) is 8.42 Å². The molecule has 90 valence electrons. The number of hydrogen-bond donors (Lipinski definition) is 0.